The van der Waals surface area contributed by atoms with Crippen LogP contribution in [-0.2, 0) is 85.3 Å². The molecule has 0 spiro atoms. The number of carbonyl (C=O) groups excluding carboxylic acids is 2. The molecule has 8 rings (SSSR count). The van der Waals surface area contributed by atoms with Crippen LogP contribution in [0.5, 0.6) is 5.75 Å². The molecule has 0 unspecified atom stereocenters. The van der Waals surface area contributed by atoms with Crippen molar-refractivity contribution in [2.45, 2.75) is 108 Å². The molecule has 71 heavy (non-hydrogen) atoms. The van der Waals surface area contributed by atoms with Crippen LogP contribution in [0.25, 0.3) is 0 Å². The summed E-state index contributed by atoms with van der Waals surface area (Å²) in [7, 11) is 0. The van der Waals surface area contributed by atoms with Crippen molar-refractivity contribution in [3.8, 4) is 5.75 Å². The second kappa shape index (κ2) is 26.6. The molecule has 2 saturated heterocycles. The Kier molecular flexibility index (Phi) is 19.4. The van der Waals surface area contributed by atoms with E-state index < -0.39 is 73.0 Å². The van der Waals surface area contributed by atoms with Crippen molar-refractivity contribution in [3.63, 3.8) is 0 Å². The molecule has 0 radical (unpaired) electrons. The molecule has 372 valence electrons. The normalized spacial score (nSPS) is 24.2. The zero-order valence-electron chi connectivity index (χ0n) is 40.0. The molecule has 6 aromatic carbocycles. The van der Waals surface area contributed by atoms with E-state index in [9.17, 15) is 9.59 Å². The highest BCUT2D eigenvalue weighted by atomic mass is 79.9. The Morgan fingerprint density at radius 1 is 0.437 bits per heavy atom. The third-order valence-electron chi connectivity index (χ3n) is 12.4. The summed E-state index contributed by atoms with van der Waals surface area (Å²) in [6.45, 7) is 3.55. The first-order valence-electron chi connectivity index (χ1n) is 24.0. The molecule has 0 aliphatic carbocycles. The van der Waals surface area contributed by atoms with E-state index in [4.69, 9.17) is 47.4 Å². The lowest BCUT2D eigenvalue weighted by Crippen LogP contribution is -2.64. The maximum atomic E-state index is 12.6. The largest absolute Gasteiger partial charge is 0.463 e. The summed E-state index contributed by atoms with van der Waals surface area (Å²) in [5.41, 5.74) is 4.70. The number of benzene rings is 6. The highest BCUT2D eigenvalue weighted by molar-refractivity contribution is 9.10. The van der Waals surface area contributed by atoms with Crippen LogP contribution in [0.15, 0.2) is 180 Å². The van der Waals surface area contributed by atoms with Gasteiger partial charge in [-0.1, -0.05) is 174 Å². The molecule has 10 atom stereocenters. The predicted octanol–water partition coefficient (Wildman–Crippen LogP) is 10.4. The van der Waals surface area contributed by atoms with Crippen LogP contribution in [0.3, 0.4) is 0 Å². The number of esters is 2. The second-order valence-corrected chi connectivity index (χ2v) is 18.6. The lowest BCUT2D eigenvalue weighted by molar-refractivity contribution is -0.304. The van der Waals surface area contributed by atoms with Crippen LogP contribution < -0.4 is 4.74 Å². The fourth-order valence-electron chi connectivity index (χ4n) is 9.00. The number of halogens is 1. The van der Waals surface area contributed by atoms with E-state index in [1.54, 1.807) is 0 Å². The average Bonchev–Trinajstić information content (AvgIpc) is 3.39. The molecule has 2 fully saturated rings. The average molecular weight is 1030 g/mol. The van der Waals surface area contributed by atoms with Gasteiger partial charge in [0.05, 0.1) is 45.2 Å². The van der Waals surface area contributed by atoms with E-state index in [-0.39, 0.29) is 52.7 Å². The topological polar surface area (TPSA) is 126 Å². The van der Waals surface area contributed by atoms with Crippen LogP contribution >= 0.6 is 15.9 Å². The predicted molar refractivity (Wildman–Crippen MR) is 269 cm³/mol. The smallest absolute Gasteiger partial charge is 0.302 e. The summed E-state index contributed by atoms with van der Waals surface area (Å²) in [5.74, 6) is -1.01. The van der Waals surface area contributed by atoms with Crippen LogP contribution in [0.1, 0.15) is 48.1 Å². The number of hydrogen-bond donors (Lipinski definition) is 0. The van der Waals surface area contributed by atoms with Crippen molar-refractivity contribution in [1.82, 2.24) is 0 Å². The second-order valence-electron chi connectivity index (χ2n) is 17.6. The molecule has 2 heterocycles. The highest BCUT2D eigenvalue weighted by Gasteiger charge is 2.54. The van der Waals surface area contributed by atoms with Gasteiger partial charge in [-0.25, -0.2) is 0 Å². The lowest BCUT2D eigenvalue weighted by Gasteiger charge is -2.50. The van der Waals surface area contributed by atoms with Crippen LogP contribution in [0.2, 0.25) is 0 Å². The van der Waals surface area contributed by atoms with E-state index in [1.165, 1.54) is 13.8 Å². The molecular formula is C58H61BrO12. The van der Waals surface area contributed by atoms with Gasteiger partial charge >= 0.3 is 11.9 Å². The minimum Gasteiger partial charge on any atom is -0.463 e. The van der Waals surface area contributed by atoms with Crippen LogP contribution in [-0.4, -0.2) is 80.3 Å². The standard InChI is InChI=1S/C58H61BrO12/c1-40(60)62-38-51-53(64-33-42-19-8-3-9-20-42)49(54(65-34-43-21-10-4-11-22-43)58(71-51)69-48-30-18-29-47(59)31-48)32-50-55(66-35-44-23-12-5-13-24-44)57(68-37-46-27-16-7-17-28-46)56(52(70-50)39-63-41(2)61)67-36-45-25-14-6-15-26-45/h3-31,49-58H,32-39H2,1-2H3/t49-,50+,51+,52+,53-,54-,55+,56+,57+,58-/m0/s1. The van der Waals surface area contributed by atoms with Crippen LogP contribution in [0, 0.1) is 5.92 Å². The Labute approximate surface area is 424 Å². The minimum absolute atomic E-state index is 0.124. The van der Waals surface area contributed by atoms with E-state index in [2.05, 4.69) is 15.9 Å². The van der Waals surface area contributed by atoms with Crippen molar-refractivity contribution in [2.75, 3.05) is 13.2 Å². The van der Waals surface area contributed by atoms with Crippen molar-refractivity contribution in [3.05, 3.63) is 208 Å². The fourth-order valence-corrected chi connectivity index (χ4v) is 9.38. The van der Waals surface area contributed by atoms with Crippen molar-refractivity contribution >= 4 is 27.9 Å². The fraction of sp³-hybridized carbons (Fsp3) is 0.345. The van der Waals surface area contributed by atoms with E-state index in [1.807, 2.05) is 176 Å². The summed E-state index contributed by atoms with van der Waals surface area (Å²) < 4.78 is 68.3. The minimum atomic E-state index is -1.04. The molecule has 2 aliphatic rings. The van der Waals surface area contributed by atoms with Gasteiger partial charge in [-0.2, -0.15) is 0 Å². The number of ether oxygens (including phenoxy) is 10. The molecule has 0 aromatic heterocycles. The molecule has 13 heteroatoms. The first-order chi connectivity index (χ1) is 34.8. The Balaban J connectivity index is 1.24. The molecule has 0 amide bonds. The van der Waals surface area contributed by atoms with E-state index in [0.717, 1.165) is 32.3 Å². The summed E-state index contributed by atoms with van der Waals surface area (Å²) in [4.78, 5) is 25.2. The van der Waals surface area contributed by atoms with Gasteiger partial charge < -0.3 is 47.4 Å². The summed E-state index contributed by atoms with van der Waals surface area (Å²) >= 11 is 3.60. The molecule has 0 N–H and O–H groups in total. The summed E-state index contributed by atoms with van der Waals surface area (Å²) in [6, 6.07) is 56.9. The van der Waals surface area contributed by atoms with Gasteiger partial charge in [-0.3, -0.25) is 9.59 Å². The first-order valence-corrected chi connectivity index (χ1v) is 24.8. The molecule has 0 bridgehead atoms. The van der Waals surface area contributed by atoms with Crippen molar-refractivity contribution < 1.29 is 57.0 Å². The van der Waals surface area contributed by atoms with Gasteiger partial charge in [0.1, 0.15) is 55.6 Å². The third-order valence-corrected chi connectivity index (χ3v) is 12.9. The zero-order chi connectivity index (χ0) is 49.2. The third kappa shape index (κ3) is 15.4. The SMILES string of the molecule is CC(=O)OC[C@H]1O[C@H](Oc2cccc(Br)c2)[C@@H](OCc2ccccc2)[C@@H](C[C@H]2O[C@H](COC(C)=O)[C@@H](OCc3ccccc3)[C@H](OCc3ccccc3)[C@@H]2OCc2ccccc2)[C@@H]1OCc1ccccc1. The summed E-state index contributed by atoms with van der Waals surface area (Å²) in [6.07, 6.45) is -7.13. The maximum Gasteiger partial charge on any atom is 0.302 e. The number of hydrogen-bond acceptors (Lipinski definition) is 12. The summed E-state index contributed by atoms with van der Waals surface area (Å²) in [5, 5.41) is 0. The molecule has 12 nitrogen and oxygen atoms in total. The van der Waals surface area contributed by atoms with Gasteiger partial charge in [-0.15, -0.1) is 0 Å². The Morgan fingerprint density at radius 2 is 0.817 bits per heavy atom. The van der Waals surface area contributed by atoms with Gasteiger partial charge in [0.25, 0.3) is 0 Å². The quantitative estimate of drug-likeness (QED) is 0.0567. The van der Waals surface area contributed by atoms with Crippen molar-refractivity contribution in [2.24, 2.45) is 5.92 Å². The lowest BCUT2D eigenvalue weighted by atomic mass is 9.80. The Bertz CT molecular complexity index is 2500. The number of carbonyl (C=O) groups is 2. The van der Waals surface area contributed by atoms with Gasteiger partial charge in [0, 0.05) is 24.2 Å². The molecule has 2 aliphatic heterocycles. The van der Waals surface area contributed by atoms with Crippen LogP contribution in [0.4, 0.5) is 0 Å². The van der Waals surface area contributed by atoms with E-state index in [0.29, 0.717) is 5.75 Å². The zero-order valence-corrected chi connectivity index (χ0v) is 41.5. The highest BCUT2D eigenvalue weighted by Crippen LogP contribution is 2.41. The van der Waals surface area contributed by atoms with Crippen molar-refractivity contribution in [1.29, 1.82) is 0 Å². The monoisotopic (exact) mass is 1030 g/mol. The molecule has 6 aromatic rings. The Hall–Kier alpha value is -5.74. The van der Waals surface area contributed by atoms with Gasteiger partial charge in [0.2, 0.25) is 6.29 Å². The van der Waals surface area contributed by atoms with Gasteiger partial charge in [-0.05, 0) is 52.4 Å². The number of rotatable bonds is 23. The Morgan fingerprint density at radius 3 is 1.24 bits per heavy atom. The maximum absolute atomic E-state index is 12.6. The molecule has 0 saturated carbocycles. The van der Waals surface area contributed by atoms with E-state index >= 15 is 0 Å². The molecular weight excluding hydrogens is 969 g/mol. The van der Waals surface area contributed by atoms with Gasteiger partial charge in [0.15, 0.2) is 0 Å². The first kappa shape index (κ1) is 51.6.